The van der Waals surface area contributed by atoms with Crippen LogP contribution in [0, 0.1) is 0 Å². The average Bonchev–Trinajstić information content (AvgIpc) is 2.46. The van der Waals surface area contributed by atoms with Crippen LogP contribution in [0.15, 0.2) is 0 Å². The molecule has 0 N–H and O–H groups in total. The van der Waals surface area contributed by atoms with Crippen LogP contribution < -0.4 is 0 Å². The zero-order chi connectivity index (χ0) is 18.4. The summed E-state index contributed by atoms with van der Waals surface area (Å²) in [6.07, 6.45) is 0.622. The van der Waals surface area contributed by atoms with Crippen LogP contribution in [0.25, 0.3) is 0 Å². The van der Waals surface area contributed by atoms with E-state index in [-0.39, 0.29) is 25.4 Å². The minimum Gasteiger partial charge on any atom is -0.466 e. The van der Waals surface area contributed by atoms with Crippen molar-refractivity contribution >= 4 is 18.0 Å². The third kappa shape index (κ3) is 6.37. The van der Waals surface area contributed by atoms with Gasteiger partial charge in [0.05, 0.1) is 13.0 Å². The number of nitrogens with zero attached hydrogens (tertiary/aromatic N) is 1. The van der Waals surface area contributed by atoms with Gasteiger partial charge in [-0.3, -0.25) is 9.59 Å². The second-order valence-corrected chi connectivity index (χ2v) is 6.96. The second kappa shape index (κ2) is 8.35. The number of hydrogen-bond acceptors (Lipinski definition) is 6. The van der Waals surface area contributed by atoms with Gasteiger partial charge in [-0.15, -0.1) is 0 Å². The molecule has 7 nitrogen and oxygen atoms in total. The molecule has 24 heavy (non-hydrogen) atoms. The van der Waals surface area contributed by atoms with Gasteiger partial charge in [0.15, 0.2) is 0 Å². The Labute approximate surface area is 143 Å². The minimum absolute atomic E-state index is 0.00867. The topological polar surface area (TPSA) is 82.1 Å². The number of likely N-dealkylation sites (tertiary alicyclic amines) is 1. The molecule has 0 bridgehead atoms. The molecule has 0 aromatic carbocycles. The Morgan fingerprint density at radius 2 is 1.62 bits per heavy atom. The number of piperidine rings is 1. The van der Waals surface area contributed by atoms with Gasteiger partial charge in [0, 0.05) is 32.4 Å². The van der Waals surface area contributed by atoms with E-state index in [4.69, 9.17) is 14.2 Å². The first-order valence-corrected chi connectivity index (χ1v) is 8.46. The maximum atomic E-state index is 12.1. The second-order valence-electron chi connectivity index (χ2n) is 6.96. The molecule has 0 aromatic rings. The molecule has 1 aliphatic heterocycles. The smallest absolute Gasteiger partial charge is 0.410 e. The fourth-order valence-electron chi connectivity index (χ4n) is 2.53. The third-order valence-electron chi connectivity index (χ3n) is 3.72. The lowest BCUT2D eigenvalue weighted by Crippen LogP contribution is -2.51. The number of hydrogen-bond donors (Lipinski definition) is 0. The molecule has 0 radical (unpaired) electrons. The lowest BCUT2D eigenvalue weighted by atomic mass is 9.88. The summed E-state index contributed by atoms with van der Waals surface area (Å²) >= 11 is 0. The Kier molecular flexibility index (Phi) is 7.05. The van der Waals surface area contributed by atoms with Crippen LogP contribution in [-0.2, 0) is 23.8 Å². The van der Waals surface area contributed by atoms with E-state index in [0.29, 0.717) is 25.9 Å². The summed E-state index contributed by atoms with van der Waals surface area (Å²) in [6, 6.07) is 0. The fourth-order valence-corrected chi connectivity index (χ4v) is 2.53. The first kappa shape index (κ1) is 20.3. The molecule has 138 valence electrons. The van der Waals surface area contributed by atoms with Crippen LogP contribution in [0.3, 0.4) is 0 Å². The predicted octanol–water partition coefficient (Wildman–Crippen LogP) is 2.66. The van der Waals surface area contributed by atoms with Crippen LogP contribution in [0.2, 0.25) is 0 Å². The largest absolute Gasteiger partial charge is 0.466 e. The van der Waals surface area contributed by atoms with Crippen LogP contribution in [0.5, 0.6) is 0 Å². The molecule has 0 saturated carbocycles. The van der Waals surface area contributed by atoms with Crippen molar-refractivity contribution in [1.29, 1.82) is 0 Å². The van der Waals surface area contributed by atoms with Crippen molar-refractivity contribution in [3.8, 4) is 0 Å². The SMILES string of the molecule is CCOC(=O)CC1(OC(=O)CC)CCN(C(=O)OC(C)(C)C)CC1. The molecule has 0 aromatic heterocycles. The highest BCUT2D eigenvalue weighted by Gasteiger charge is 2.42. The van der Waals surface area contributed by atoms with E-state index in [1.54, 1.807) is 18.7 Å². The fraction of sp³-hybridized carbons (Fsp3) is 0.824. The summed E-state index contributed by atoms with van der Waals surface area (Å²) in [5.41, 5.74) is -1.47. The Morgan fingerprint density at radius 3 is 2.08 bits per heavy atom. The van der Waals surface area contributed by atoms with Gasteiger partial charge in [0.2, 0.25) is 0 Å². The van der Waals surface area contributed by atoms with E-state index in [1.165, 1.54) is 0 Å². The number of esters is 2. The van der Waals surface area contributed by atoms with Crippen molar-refractivity contribution < 1.29 is 28.6 Å². The summed E-state index contributed by atoms with van der Waals surface area (Å²) in [6.45, 7) is 9.87. The Morgan fingerprint density at radius 1 is 1.04 bits per heavy atom. The molecular weight excluding hydrogens is 314 g/mol. The Bertz CT molecular complexity index is 460. The maximum Gasteiger partial charge on any atom is 0.410 e. The van der Waals surface area contributed by atoms with Gasteiger partial charge < -0.3 is 19.1 Å². The first-order chi connectivity index (χ1) is 11.1. The molecular formula is C17H29NO6. The molecule has 0 aliphatic carbocycles. The summed E-state index contributed by atoms with van der Waals surface area (Å²) in [5, 5.41) is 0. The quantitative estimate of drug-likeness (QED) is 0.564. The average molecular weight is 343 g/mol. The number of carbonyl (C=O) groups excluding carboxylic acids is 3. The molecule has 0 atom stereocenters. The lowest BCUT2D eigenvalue weighted by Gasteiger charge is -2.40. The third-order valence-corrected chi connectivity index (χ3v) is 3.72. The Balaban J connectivity index is 2.73. The maximum absolute atomic E-state index is 12.1. The van der Waals surface area contributed by atoms with Gasteiger partial charge in [0.25, 0.3) is 0 Å². The summed E-state index contributed by atoms with van der Waals surface area (Å²) in [7, 11) is 0. The van der Waals surface area contributed by atoms with Crippen LogP contribution >= 0.6 is 0 Å². The molecule has 7 heteroatoms. The minimum atomic E-state index is -0.905. The Hall–Kier alpha value is -1.79. The molecule has 1 heterocycles. The molecule has 1 saturated heterocycles. The van der Waals surface area contributed by atoms with Crippen molar-refractivity contribution in [1.82, 2.24) is 4.90 Å². The molecule has 1 rings (SSSR count). The van der Waals surface area contributed by atoms with Gasteiger partial charge in [-0.05, 0) is 27.7 Å². The van der Waals surface area contributed by atoms with Gasteiger partial charge >= 0.3 is 18.0 Å². The standard InChI is InChI=1S/C17H29NO6/c1-6-13(19)23-17(12-14(20)22-7-2)8-10-18(11-9-17)15(21)24-16(3,4)5/h6-12H2,1-5H3. The van der Waals surface area contributed by atoms with E-state index >= 15 is 0 Å². The van der Waals surface area contributed by atoms with E-state index < -0.39 is 23.3 Å². The van der Waals surface area contributed by atoms with E-state index in [9.17, 15) is 14.4 Å². The van der Waals surface area contributed by atoms with Gasteiger partial charge in [0.1, 0.15) is 11.2 Å². The normalized spacial score (nSPS) is 17.1. The van der Waals surface area contributed by atoms with Crippen molar-refractivity contribution in [2.24, 2.45) is 0 Å². The highest BCUT2D eigenvalue weighted by molar-refractivity contribution is 5.74. The van der Waals surface area contributed by atoms with Crippen molar-refractivity contribution in [3.63, 3.8) is 0 Å². The summed E-state index contributed by atoms with van der Waals surface area (Å²) < 4.78 is 15.9. The molecule has 1 fully saturated rings. The zero-order valence-electron chi connectivity index (χ0n) is 15.3. The zero-order valence-corrected chi connectivity index (χ0v) is 15.3. The molecule has 1 aliphatic rings. The predicted molar refractivity (Wildman–Crippen MR) is 87.4 cm³/mol. The van der Waals surface area contributed by atoms with E-state index in [0.717, 1.165) is 0 Å². The van der Waals surface area contributed by atoms with Crippen LogP contribution in [0.1, 0.15) is 60.3 Å². The first-order valence-electron chi connectivity index (χ1n) is 8.46. The number of amides is 1. The highest BCUT2D eigenvalue weighted by atomic mass is 16.6. The number of ether oxygens (including phenoxy) is 3. The van der Waals surface area contributed by atoms with Gasteiger partial charge in [-0.2, -0.15) is 0 Å². The molecule has 0 spiro atoms. The summed E-state index contributed by atoms with van der Waals surface area (Å²) in [5.74, 6) is -0.753. The van der Waals surface area contributed by atoms with E-state index in [1.807, 2.05) is 20.8 Å². The van der Waals surface area contributed by atoms with Crippen molar-refractivity contribution in [2.75, 3.05) is 19.7 Å². The monoisotopic (exact) mass is 343 g/mol. The number of rotatable bonds is 5. The van der Waals surface area contributed by atoms with Gasteiger partial charge in [-0.25, -0.2) is 4.79 Å². The lowest BCUT2D eigenvalue weighted by molar-refractivity contribution is -0.171. The van der Waals surface area contributed by atoms with Crippen molar-refractivity contribution in [2.45, 2.75) is 71.5 Å². The highest BCUT2D eigenvalue weighted by Crippen LogP contribution is 2.31. The van der Waals surface area contributed by atoms with Crippen molar-refractivity contribution in [3.05, 3.63) is 0 Å². The molecule has 0 unspecified atom stereocenters. The van der Waals surface area contributed by atoms with Gasteiger partial charge in [-0.1, -0.05) is 6.92 Å². The molecule has 1 amide bonds. The summed E-state index contributed by atoms with van der Waals surface area (Å²) in [4.78, 5) is 37.3. The van der Waals surface area contributed by atoms with E-state index in [2.05, 4.69) is 0 Å². The van der Waals surface area contributed by atoms with Crippen LogP contribution in [-0.4, -0.2) is 53.8 Å². The van der Waals surface area contributed by atoms with Crippen LogP contribution in [0.4, 0.5) is 4.79 Å². The number of carbonyl (C=O) groups is 3.